The van der Waals surface area contributed by atoms with Crippen molar-refractivity contribution < 1.29 is 13.2 Å². The number of pyridine rings is 1. The minimum absolute atomic E-state index is 0.00421. The number of nitrogens with zero attached hydrogens (tertiary/aromatic N) is 1. The third kappa shape index (κ3) is 1.98. The van der Waals surface area contributed by atoms with Gasteiger partial charge in [-0.05, 0) is 13.0 Å². The van der Waals surface area contributed by atoms with Crippen LogP contribution < -0.4 is 5.73 Å². The molecule has 13 heavy (non-hydrogen) atoms. The summed E-state index contributed by atoms with van der Waals surface area (Å²) in [7, 11) is 0. The molecule has 1 rings (SSSR count). The van der Waals surface area contributed by atoms with Gasteiger partial charge in [-0.2, -0.15) is 0 Å². The molecule has 1 aromatic rings. The van der Waals surface area contributed by atoms with E-state index in [-0.39, 0.29) is 17.9 Å². The van der Waals surface area contributed by atoms with Crippen LogP contribution in [0.25, 0.3) is 0 Å². The molecule has 0 amide bonds. The number of hydrogen-bond acceptors (Lipinski definition) is 2. The molecule has 2 N–H and O–H groups in total. The van der Waals surface area contributed by atoms with Gasteiger partial charge in [0.25, 0.3) is 6.43 Å². The number of halogens is 3. The molecule has 0 saturated carbocycles. The molecule has 0 radical (unpaired) electrons. The zero-order valence-electron chi connectivity index (χ0n) is 7.02. The second kappa shape index (κ2) is 3.74. The fourth-order valence-electron chi connectivity index (χ4n) is 1.07. The summed E-state index contributed by atoms with van der Waals surface area (Å²) in [5.41, 5.74) is 4.83. The molecular weight excluding hydrogens is 181 g/mol. The molecule has 0 aromatic carbocycles. The second-order valence-electron chi connectivity index (χ2n) is 2.60. The van der Waals surface area contributed by atoms with E-state index < -0.39 is 17.8 Å². The van der Waals surface area contributed by atoms with E-state index >= 15 is 0 Å². The van der Waals surface area contributed by atoms with Gasteiger partial charge in [0.2, 0.25) is 0 Å². The molecule has 0 aliphatic carbocycles. The summed E-state index contributed by atoms with van der Waals surface area (Å²) in [4.78, 5) is 3.73. The van der Waals surface area contributed by atoms with E-state index in [1.807, 2.05) is 0 Å². The van der Waals surface area contributed by atoms with Gasteiger partial charge in [-0.1, -0.05) is 0 Å². The van der Waals surface area contributed by atoms with Crippen molar-refractivity contribution in [3.63, 3.8) is 0 Å². The highest BCUT2D eigenvalue weighted by Gasteiger charge is 2.17. The molecule has 0 saturated heterocycles. The van der Waals surface area contributed by atoms with E-state index in [0.29, 0.717) is 0 Å². The predicted molar refractivity (Wildman–Crippen MR) is 41.8 cm³/mol. The Morgan fingerprint density at radius 1 is 1.54 bits per heavy atom. The molecule has 1 aromatic heterocycles. The van der Waals surface area contributed by atoms with Crippen molar-refractivity contribution in [3.05, 3.63) is 28.8 Å². The van der Waals surface area contributed by atoms with Crippen LogP contribution >= 0.6 is 0 Å². The van der Waals surface area contributed by atoms with Gasteiger partial charge in [0.1, 0.15) is 5.82 Å². The lowest BCUT2D eigenvalue weighted by atomic mass is 10.2. The summed E-state index contributed by atoms with van der Waals surface area (Å²) in [6.45, 7) is 1.38. The van der Waals surface area contributed by atoms with Crippen LogP contribution in [0.15, 0.2) is 6.07 Å². The molecule has 72 valence electrons. The number of aromatic nitrogens is 1. The van der Waals surface area contributed by atoms with Crippen molar-refractivity contribution in [3.8, 4) is 0 Å². The Labute approximate surface area is 73.6 Å². The van der Waals surface area contributed by atoms with E-state index in [9.17, 15) is 13.2 Å². The van der Waals surface area contributed by atoms with E-state index in [0.717, 1.165) is 6.07 Å². The fourth-order valence-corrected chi connectivity index (χ4v) is 1.07. The van der Waals surface area contributed by atoms with Crippen LogP contribution in [0.4, 0.5) is 13.2 Å². The maximum absolute atomic E-state index is 13.0. The molecule has 0 aliphatic rings. The SMILES string of the molecule is Cc1nc(CN)cc(F)c1C(F)F. The summed E-state index contributed by atoms with van der Waals surface area (Å²) in [5, 5.41) is 0. The van der Waals surface area contributed by atoms with Crippen molar-refractivity contribution in [2.45, 2.75) is 19.9 Å². The summed E-state index contributed by atoms with van der Waals surface area (Å²) in [6.07, 6.45) is -2.83. The van der Waals surface area contributed by atoms with Gasteiger partial charge in [0.15, 0.2) is 0 Å². The Kier molecular flexibility index (Phi) is 2.87. The first-order chi connectivity index (χ1) is 6.06. The molecule has 2 nitrogen and oxygen atoms in total. The lowest BCUT2D eigenvalue weighted by molar-refractivity contribution is 0.145. The number of hydrogen-bond donors (Lipinski definition) is 1. The highest BCUT2D eigenvalue weighted by Crippen LogP contribution is 2.24. The lowest BCUT2D eigenvalue weighted by Crippen LogP contribution is -2.06. The van der Waals surface area contributed by atoms with E-state index in [1.54, 1.807) is 0 Å². The fraction of sp³-hybridized carbons (Fsp3) is 0.375. The molecule has 5 heteroatoms. The number of rotatable bonds is 2. The highest BCUT2D eigenvalue weighted by atomic mass is 19.3. The van der Waals surface area contributed by atoms with Crippen LogP contribution in [0.3, 0.4) is 0 Å². The van der Waals surface area contributed by atoms with Crippen LogP contribution in [0.1, 0.15) is 23.4 Å². The van der Waals surface area contributed by atoms with Crippen LogP contribution in [0.5, 0.6) is 0 Å². The number of nitrogens with two attached hydrogens (primary N) is 1. The van der Waals surface area contributed by atoms with Gasteiger partial charge in [0, 0.05) is 12.2 Å². The van der Waals surface area contributed by atoms with Crippen molar-refractivity contribution in [2.75, 3.05) is 0 Å². The molecule has 0 spiro atoms. The zero-order chi connectivity index (χ0) is 10.0. The zero-order valence-corrected chi connectivity index (χ0v) is 7.02. The Balaban J connectivity index is 3.23. The van der Waals surface area contributed by atoms with Crippen LogP contribution in [-0.2, 0) is 6.54 Å². The summed E-state index contributed by atoms with van der Waals surface area (Å²) in [5.74, 6) is -0.942. The first-order valence-corrected chi connectivity index (χ1v) is 3.70. The van der Waals surface area contributed by atoms with Crippen LogP contribution in [-0.4, -0.2) is 4.98 Å². The second-order valence-corrected chi connectivity index (χ2v) is 2.60. The summed E-state index contributed by atoms with van der Waals surface area (Å²) < 4.78 is 37.4. The summed E-state index contributed by atoms with van der Waals surface area (Å²) >= 11 is 0. The molecule has 0 atom stereocenters. The van der Waals surface area contributed by atoms with E-state index in [4.69, 9.17) is 5.73 Å². The van der Waals surface area contributed by atoms with E-state index in [1.165, 1.54) is 6.92 Å². The van der Waals surface area contributed by atoms with Crippen molar-refractivity contribution in [1.29, 1.82) is 0 Å². The number of alkyl halides is 2. The topological polar surface area (TPSA) is 38.9 Å². The van der Waals surface area contributed by atoms with Gasteiger partial charge in [-0.25, -0.2) is 13.2 Å². The predicted octanol–water partition coefficient (Wildman–Crippen LogP) is 1.93. The van der Waals surface area contributed by atoms with Crippen molar-refractivity contribution >= 4 is 0 Å². The monoisotopic (exact) mass is 190 g/mol. The van der Waals surface area contributed by atoms with Crippen LogP contribution in [0.2, 0.25) is 0 Å². The number of aryl methyl sites for hydroxylation is 1. The first kappa shape index (κ1) is 9.98. The normalized spacial score (nSPS) is 10.9. The molecule has 0 bridgehead atoms. The van der Waals surface area contributed by atoms with Gasteiger partial charge in [-0.3, -0.25) is 4.98 Å². The molecule has 0 aliphatic heterocycles. The Morgan fingerprint density at radius 3 is 2.54 bits per heavy atom. The Bertz CT molecular complexity index is 289. The molecule has 0 fully saturated rings. The standard InChI is InChI=1S/C8H9F3N2/c1-4-7(8(10)11)6(9)2-5(3-12)13-4/h2,8H,3,12H2,1H3. The Morgan fingerprint density at radius 2 is 2.15 bits per heavy atom. The third-order valence-corrected chi connectivity index (χ3v) is 1.68. The maximum Gasteiger partial charge on any atom is 0.268 e. The van der Waals surface area contributed by atoms with Crippen molar-refractivity contribution in [2.24, 2.45) is 5.73 Å². The maximum atomic E-state index is 13.0. The minimum atomic E-state index is -2.83. The van der Waals surface area contributed by atoms with E-state index in [2.05, 4.69) is 4.98 Å². The molecule has 0 unspecified atom stereocenters. The minimum Gasteiger partial charge on any atom is -0.325 e. The van der Waals surface area contributed by atoms with Gasteiger partial charge in [0.05, 0.1) is 11.3 Å². The molecule has 1 heterocycles. The lowest BCUT2D eigenvalue weighted by Gasteiger charge is -2.06. The quantitative estimate of drug-likeness (QED) is 0.773. The highest BCUT2D eigenvalue weighted by molar-refractivity contribution is 5.25. The van der Waals surface area contributed by atoms with Crippen molar-refractivity contribution in [1.82, 2.24) is 4.98 Å². The average Bonchev–Trinajstić information content (AvgIpc) is 2.02. The average molecular weight is 190 g/mol. The summed E-state index contributed by atoms with van der Waals surface area (Å²) in [6, 6.07) is 0.939. The molecular formula is C8H9F3N2. The third-order valence-electron chi connectivity index (χ3n) is 1.68. The largest absolute Gasteiger partial charge is 0.325 e. The van der Waals surface area contributed by atoms with Crippen LogP contribution in [0, 0.1) is 12.7 Å². The smallest absolute Gasteiger partial charge is 0.268 e. The van der Waals surface area contributed by atoms with Gasteiger partial charge < -0.3 is 5.73 Å². The first-order valence-electron chi connectivity index (χ1n) is 3.70. The van der Waals surface area contributed by atoms with Gasteiger partial charge in [-0.15, -0.1) is 0 Å². The van der Waals surface area contributed by atoms with Gasteiger partial charge >= 0.3 is 0 Å². The Hall–Kier alpha value is -1.10.